The largest absolute Gasteiger partial charge is 0.497 e. The number of allylic oxidation sites excluding steroid dienone is 1. The van der Waals surface area contributed by atoms with Crippen LogP contribution < -0.4 is 4.74 Å². The molecule has 0 fully saturated rings. The molecule has 22 heavy (non-hydrogen) atoms. The number of hydrogen-bond acceptors (Lipinski definition) is 5. The molecule has 0 amide bonds. The zero-order valence-corrected chi connectivity index (χ0v) is 12.6. The third kappa shape index (κ3) is 2.92. The van der Waals surface area contributed by atoms with Gasteiger partial charge >= 0.3 is 0 Å². The van der Waals surface area contributed by atoms with Crippen molar-refractivity contribution in [3.8, 4) is 23.3 Å². The Morgan fingerprint density at radius 3 is 3.00 bits per heavy atom. The Bertz CT molecular complexity index is 842. The number of aromatic nitrogens is 1. The molecule has 0 radical (unpaired) electrons. The van der Waals surface area contributed by atoms with Crippen molar-refractivity contribution in [1.29, 1.82) is 5.26 Å². The Labute approximate surface area is 131 Å². The predicted octanol–water partition coefficient (Wildman–Crippen LogP) is 4.48. The smallest absolute Gasteiger partial charge is 0.153 e. The highest BCUT2D eigenvalue weighted by molar-refractivity contribution is 7.11. The normalized spacial score (nSPS) is 11.2. The first-order valence-electron chi connectivity index (χ1n) is 6.56. The summed E-state index contributed by atoms with van der Waals surface area (Å²) in [6.45, 7) is 0. The van der Waals surface area contributed by atoms with Crippen molar-refractivity contribution in [2.75, 3.05) is 7.11 Å². The van der Waals surface area contributed by atoms with E-state index >= 15 is 0 Å². The molecule has 0 aliphatic rings. The molecule has 0 aliphatic carbocycles. The summed E-state index contributed by atoms with van der Waals surface area (Å²) in [5.74, 6) is 1.45. The lowest BCUT2D eigenvalue weighted by molar-refractivity contribution is 0.414. The Kier molecular flexibility index (Phi) is 4.03. The van der Waals surface area contributed by atoms with E-state index in [1.165, 1.54) is 11.3 Å². The standard InChI is InChI=1S/C17H12N2O2S/c1-20-14-5-2-4-12(9-14)8-13(10-18)17-19-15(11-22-17)16-6-3-7-21-16/h2-9,11H,1H3/b13-8+. The molecule has 0 saturated carbocycles. The maximum Gasteiger partial charge on any atom is 0.153 e. The van der Waals surface area contributed by atoms with Crippen LogP contribution in [0.3, 0.4) is 0 Å². The molecular weight excluding hydrogens is 296 g/mol. The second-order valence-electron chi connectivity index (χ2n) is 4.46. The molecule has 0 N–H and O–H groups in total. The van der Waals surface area contributed by atoms with Crippen molar-refractivity contribution >= 4 is 23.0 Å². The summed E-state index contributed by atoms with van der Waals surface area (Å²) < 4.78 is 10.5. The summed E-state index contributed by atoms with van der Waals surface area (Å²) in [7, 11) is 1.62. The van der Waals surface area contributed by atoms with Crippen molar-refractivity contribution in [2.24, 2.45) is 0 Å². The van der Waals surface area contributed by atoms with Crippen LogP contribution in [0.15, 0.2) is 52.5 Å². The maximum absolute atomic E-state index is 9.40. The molecule has 2 aromatic heterocycles. The van der Waals surface area contributed by atoms with Gasteiger partial charge in [0, 0.05) is 5.38 Å². The van der Waals surface area contributed by atoms with Gasteiger partial charge in [0.25, 0.3) is 0 Å². The van der Waals surface area contributed by atoms with E-state index in [0.29, 0.717) is 16.3 Å². The predicted molar refractivity (Wildman–Crippen MR) is 86.3 cm³/mol. The van der Waals surface area contributed by atoms with Crippen molar-refractivity contribution in [2.45, 2.75) is 0 Å². The molecule has 0 atom stereocenters. The van der Waals surface area contributed by atoms with E-state index in [2.05, 4.69) is 11.1 Å². The van der Waals surface area contributed by atoms with Crippen LogP contribution in [0.2, 0.25) is 0 Å². The monoisotopic (exact) mass is 308 g/mol. The van der Waals surface area contributed by atoms with E-state index in [-0.39, 0.29) is 0 Å². The molecule has 108 valence electrons. The van der Waals surface area contributed by atoms with Crippen LogP contribution in [-0.2, 0) is 0 Å². The van der Waals surface area contributed by atoms with E-state index in [0.717, 1.165) is 17.0 Å². The van der Waals surface area contributed by atoms with Crippen LogP contribution >= 0.6 is 11.3 Å². The lowest BCUT2D eigenvalue weighted by Gasteiger charge is -2.00. The summed E-state index contributed by atoms with van der Waals surface area (Å²) >= 11 is 1.42. The Hall–Kier alpha value is -2.84. The molecule has 0 saturated heterocycles. The molecule has 0 aliphatic heterocycles. The number of methoxy groups -OCH3 is 1. The fraction of sp³-hybridized carbons (Fsp3) is 0.0588. The molecule has 0 bridgehead atoms. The molecule has 3 rings (SSSR count). The first kappa shape index (κ1) is 14.1. The van der Waals surface area contributed by atoms with Gasteiger partial charge in [-0.25, -0.2) is 4.98 Å². The van der Waals surface area contributed by atoms with Crippen LogP contribution in [0.4, 0.5) is 0 Å². The van der Waals surface area contributed by atoms with Crippen LogP contribution in [0.5, 0.6) is 5.75 Å². The maximum atomic E-state index is 9.40. The zero-order chi connectivity index (χ0) is 15.4. The van der Waals surface area contributed by atoms with E-state index in [9.17, 15) is 5.26 Å². The SMILES string of the molecule is COc1cccc(/C=C(\C#N)c2nc(-c3ccco3)cs2)c1. The van der Waals surface area contributed by atoms with Gasteiger partial charge in [0.05, 0.1) is 18.9 Å². The molecule has 5 heteroatoms. The second-order valence-corrected chi connectivity index (χ2v) is 5.32. The van der Waals surface area contributed by atoms with Gasteiger partial charge in [-0.3, -0.25) is 0 Å². The van der Waals surface area contributed by atoms with Gasteiger partial charge < -0.3 is 9.15 Å². The van der Waals surface area contributed by atoms with Crippen LogP contribution in [0.1, 0.15) is 10.6 Å². The first-order chi connectivity index (χ1) is 10.8. The number of nitriles is 1. The Morgan fingerprint density at radius 2 is 2.27 bits per heavy atom. The van der Waals surface area contributed by atoms with Crippen LogP contribution in [-0.4, -0.2) is 12.1 Å². The molecule has 2 heterocycles. The summed E-state index contributed by atoms with van der Waals surface area (Å²) in [6, 6.07) is 13.4. The lowest BCUT2D eigenvalue weighted by Crippen LogP contribution is -1.84. The van der Waals surface area contributed by atoms with Gasteiger partial charge in [0.15, 0.2) is 5.76 Å². The highest BCUT2D eigenvalue weighted by Crippen LogP contribution is 2.27. The average Bonchev–Trinajstić information content (AvgIpc) is 3.23. The summed E-state index contributed by atoms with van der Waals surface area (Å²) in [4.78, 5) is 4.47. The van der Waals surface area contributed by atoms with Crippen molar-refractivity contribution in [1.82, 2.24) is 4.98 Å². The van der Waals surface area contributed by atoms with Crippen molar-refractivity contribution in [3.63, 3.8) is 0 Å². The minimum absolute atomic E-state index is 0.510. The van der Waals surface area contributed by atoms with Crippen molar-refractivity contribution < 1.29 is 9.15 Å². The fourth-order valence-corrected chi connectivity index (χ4v) is 2.75. The lowest BCUT2D eigenvalue weighted by atomic mass is 10.1. The number of furan rings is 1. The highest BCUT2D eigenvalue weighted by Gasteiger charge is 2.10. The molecule has 1 aromatic carbocycles. The number of ether oxygens (including phenoxy) is 1. The quantitative estimate of drug-likeness (QED) is 0.667. The Morgan fingerprint density at radius 1 is 1.36 bits per heavy atom. The number of nitrogens with zero attached hydrogens (tertiary/aromatic N) is 2. The first-order valence-corrected chi connectivity index (χ1v) is 7.44. The molecule has 4 nitrogen and oxygen atoms in total. The van der Waals surface area contributed by atoms with E-state index in [1.54, 1.807) is 19.4 Å². The highest BCUT2D eigenvalue weighted by atomic mass is 32.1. The second kappa shape index (κ2) is 6.29. The van der Waals surface area contributed by atoms with Crippen LogP contribution in [0.25, 0.3) is 23.1 Å². The van der Waals surface area contributed by atoms with Gasteiger partial charge in [0.1, 0.15) is 22.5 Å². The molecule has 3 aromatic rings. The Balaban J connectivity index is 1.94. The van der Waals surface area contributed by atoms with Crippen molar-refractivity contribution in [3.05, 3.63) is 58.6 Å². The van der Waals surface area contributed by atoms with Gasteiger partial charge in [0.2, 0.25) is 0 Å². The summed E-state index contributed by atoms with van der Waals surface area (Å²) in [5, 5.41) is 11.9. The molecular formula is C17H12N2O2S. The molecule has 0 unspecified atom stereocenters. The van der Waals surface area contributed by atoms with Gasteiger partial charge in [-0.15, -0.1) is 11.3 Å². The zero-order valence-electron chi connectivity index (χ0n) is 11.8. The van der Waals surface area contributed by atoms with E-state index in [1.807, 2.05) is 41.8 Å². The van der Waals surface area contributed by atoms with Gasteiger partial charge in [-0.05, 0) is 35.9 Å². The third-order valence-electron chi connectivity index (χ3n) is 3.03. The molecule has 0 spiro atoms. The van der Waals surface area contributed by atoms with E-state index in [4.69, 9.17) is 9.15 Å². The average molecular weight is 308 g/mol. The van der Waals surface area contributed by atoms with Gasteiger partial charge in [-0.1, -0.05) is 12.1 Å². The van der Waals surface area contributed by atoms with Crippen LogP contribution in [0, 0.1) is 11.3 Å². The topological polar surface area (TPSA) is 59.0 Å². The minimum Gasteiger partial charge on any atom is -0.497 e. The number of benzene rings is 1. The third-order valence-corrected chi connectivity index (χ3v) is 3.91. The summed E-state index contributed by atoms with van der Waals surface area (Å²) in [6.07, 6.45) is 3.40. The fourth-order valence-electron chi connectivity index (χ4n) is 1.97. The number of thiazole rings is 1. The minimum atomic E-state index is 0.510. The summed E-state index contributed by atoms with van der Waals surface area (Å²) in [5.41, 5.74) is 2.14. The van der Waals surface area contributed by atoms with Gasteiger partial charge in [-0.2, -0.15) is 5.26 Å². The number of hydrogen-bond donors (Lipinski definition) is 0. The van der Waals surface area contributed by atoms with E-state index < -0.39 is 0 Å². The number of rotatable bonds is 4.